The topological polar surface area (TPSA) is 13.1 Å². The van der Waals surface area contributed by atoms with Gasteiger partial charge in [0.15, 0.2) is 6.20 Å². The number of hydrogen-bond acceptors (Lipinski definition) is 1. The Kier molecular flexibility index (Phi) is 4.02. The van der Waals surface area contributed by atoms with Crippen LogP contribution in [-0.2, 0) is 13.5 Å². The van der Waals surface area contributed by atoms with Gasteiger partial charge in [-0.3, -0.25) is 0 Å². The summed E-state index contributed by atoms with van der Waals surface area (Å²) in [5.74, 6) is 2.00. The fourth-order valence-corrected chi connectivity index (χ4v) is 5.23. The summed E-state index contributed by atoms with van der Waals surface area (Å²) in [6.45, 7) is 13.5. The van der Waals surface area contributed by atoms with Crippen molar-refractivity contribution in [2.45, 2.75) is 48.0 Å². The molecule has 2 nitrogen and oxygen atoms in total. The molecule has 0 amide bonds. The van der Waals surface area contributed by atoms with Crippen molar-refractivity contribution in [1.29, 1.82) is 0 Å². The molecule has 0 radical (unpaired) electrons. The van der Waals surface area contributed by atoms with Gasteiger partial charge in [-0.05, 0) is 71.5 Å². The van der Waals surface area contributed by atoms with Crippen molar-refractivity contribution < 1.29 is 9.30 Å². The molecule has 0 unspecified atom stereocenters. The van der Waals surface area contributed by atoms with Crippen LogP contribution in [-0.4, -0.2) is 0 Å². The van der Waals surface area contributed by atoms with Gasteiger partial charge in [0.05, 0.1) is 10.9 Å². The molecule has 30 heavy (non-hydrogen) atoms. The van der Waals surface area contributed by atoms with Gasteiger partial charge in [-0.2, -0.15) is 0 Å². The van der Waals surface area contributed by atoms with Crippen molar-refractivity contribution in [3.05, 3.63) is 64.8 Å². The minimum atomic E-state index is 0.231. The zero-order valence-electron chi connectivity index (χ0n) is 19.1. The summed E-state index contributed by atoms with van der Waals surface area (Å²) in [4.78, 5) is 0. The van der Waals surface area contributed by atoms with E-state index in [-0.39, 0.29) is 5.41 Å². The van der Waals surface area contributed by atoms with Crippen molar-refractivity contribution in [3.8, 4) is 22.8 Å². The second-order valence-corrected chi connectivity index (χ2v) is 10.1. The van der Waals surface area contributed by atoms with Gasteiger partial charge in [0.1, 0.15) is 18.5 Å². The Hall–Kier alpha value is -2.87. The number of aryl methyl sites for hydroxylation is 4. The third kappa shape index (κ3) is 2.74. The van der Waals surface area contributed by atoms with Gasteiger partial charge in [-0.1, -0.05) is 45.0 Å². The predicted octanol–water partition coefficient (Wildman–Crippen LogP) is 7.10. The molecule has 0 bridgehead atoms. The Labute approximate surface area is 179 Å². The fraction of sp³-hybridized carbons (Fsp3) is 0.321. The van der Waals surface area contributed by atoms with Gasteiger partial charge in [0, 0.05) is 11.6 Å². The van der Waals surface area contributed by atoms with Gasteiger partial charge in [-0.25, -0.2) is 4.57 Å². The molecule has 2 heterocycles. The van der Waals surface area contributed by atoms with E-state index in [1.54, 1.807) is 0 Å². The summed E-state index contributed by atoms with van der Waals surface area (Å²) in [6, 6.07) is 13.4. The first-order valence-electron chi connectivity index (χ1n) is 10.8. The first-order valence-corrected chi connectivity index (χ1v) is 10.8. The van der Waals surface area contributed by atoms with Crippen molar-refractivity contribution in [2.24, 2.45) is 12.5 Å². The molecule has 1 aromatic heterocycles. The van der Waals surface area contributed by atoms with Crippen LogP contribution in [0.1, 0.15) is 43.0 Å². The first kappa shape index (κ1) is 19.1. The summed E-state index contributed by atoms with van der Waals surface area (Å²) in [7, 11) is 2.14. The average Bonchev–Trinajstić information content (AvgIpc) is 2.66. The zero-order valence-corrected chi connectivity index (χ0v) is 19.1. The smallest absolute Gasteiger partial charge is 0.228 e. The van der Waals surface area contributed by atoms with Crippen LogP contribution in [0.4, 0.5) is 0 Å². The van der Waals surface area contributed by atoms with Crippen LogP contribution in [0.15, 0.2) is 42.6 Å². The standard InChI is InChI=1S/C28H30NO/c1-16-9-8-10-21-17(2)24-26-25-20(11-12-29(26)7)13-19(15-28(4,5)6)14-22(25)30-27(24)18(3)23(16)21/h8-14H,15H2,1-7H3/q+1. The monoisotopic (exact) mass is 396 g/mol. The van der Waals surface area contributed by atoms with E-state index in [2.05, 4.69) is 95.8 Å². The van der Waals surface area contributed by atoms with Gasteiger partial charge in [-0.15, -0.1) is 0 Å². The molecule has 4 aromatic rings. The maximum Gasteiger partial charge on any atom is 0.228 e. The summed E-state index contributed by atoms with van der Waals surface area (Å²) >= 11 is 0. The molecule has 2 heteroatoms. The van der Waals surface area contributed by atoms with E-state index in [4.69, 9.17) is 4.74 Å². The molecular formula is C28H30NO+. The maximum atomic E-state index is 6.72. The largest absolute Gasteiger partial charge is 0.455 e. The third-order valence-electron chi connectivity index (χ3n) is 6.44. The summed E-state index contributed by atoms with van der Waals surface area (Å²) < 4.78 is 8.98. The molecule has 0 spiro atoms. The van der Waals surface area contributed by atoms with E-state index in [9.17, 15) is 0 Å². The number of hydrogen-bond donors (Lipinski definition) is 0. The van der Waals surface area contributed by atoms with Crippen LogP contribution < -0.4 is 9.30 Å². The van der Waals surface area contributed by atoms with Crippen molar-refractivity contribution in [2.75, 3.05) is 0 Å². The molecule has 1 aliphatic rings. The number of pyridine rings is 1. The molecule has 5 rings (SSSR count). The molecule has 0 N–H and O–H groups in total. The highest BCUT2D eigenvalue weighted by molar-refractivity contribution is 6.07. The maximum absolute atomic E-state index is 6.72. The highest BCUT2D eigenvalue weighted by atomic mass is 16.5. The van der Waals surface area contributed by atoms with Crippen LogP contribution in [0, 0.1) is 26.2 Å². The number of fused-ring (bicyclic) bond motifs is 3. The average molecular weight is 397 g/mol. The Morgan fingerprint density at radius 3 is 2.43 bits per heavy atom. The predicted molar refractivity (Wildman–Crippen MR) is 126 cm³/mol. The Morgan fingerprint density at radius 1 is 0.933 bits per heavy atom. The number of ether oxygens (including phenoxy) is 1. The quantitative estimate of drug-likeness (QED) is 0.275. The van der Waals surface area contributed by atoms with E-state index in [1.807, 2.05) is 0 Å². The van der Waals surface area contributed by atoms with Gasteiger partial charge >= 0.3 is 0 Å². The van der Waals surface area contributed by atoms with Crippen molar-refractivity contribution in [3.63, 3.8) is 0 Å². The van der Waals surface area contributed by atoms with Crippen LogP contribution in [0.2, 0.25) is 0 Å². The van der Waals surface area contributed by atoms with Crippen LogP contribution in [0.5, 0.6) is 11.5 Å². The molecule has 3 aromatic carbocycles. The minimum absolute atomic E-state index is 0.231. The van der Waals surface area contributed by atoms with Gasteiger partial charge in [0.25, 0.3) is 0 Å². The summed E-state index contributed by atoms with van der Waals surface area (Å²) in [5.41, 5.74) is 7.88. The molecule has 0 saturated heterocycles. The van der Waals surface area contributed by atoms with Gasteiger partial charge in [0.2, 0.25) is 5.69 Å². The Balaban J connectivity index is 1.90. The fourth-order valence-electron chi connectivity index (χ4n) is 5.23. The molecule has 0 atom stereocenters. The lowest BCUT2D eigenvalue weighted by atomic mass is 9.85. The number of benzene rings is 3. The van der Waals surface area contributed by atoms with E-state index < -0.39 is 0 Å². The van der Waals surface area contributed by atoms with Crippen molar-refractivity contribution >= 4 is 21.5 Å². The third-order valence-corrected chi connectivity index (χ3v) is 6.44. The van der Waals surface area contributed by atoms with E-state index in [0.29, 0.717) is 0 Å². The molecule has 152 valence electrons. The normalized spacial score (nSPS) is 12.9. The lowest BCUT2D eigenvalue weighted by Gasteiger charge is -2.26. The number of nitrogens with zero attached hydrogens (tertiary/aromatic N) is 1. The Bertz CT molecular complexity index is 1360. The SMILES string of the molecule is Cc1c2c(c(C)c3c(C)cccc13)Oc1cc(CC(C)(C)C)cc3cc[n+](C)c-2c13. The second kappa shape index (κ2) is 6.31. The lowest BCUT2D eigenvalue weighted by molar-refractivity contribution is -0.659. The van der Waals surface area contributed by atoms with E-state index >= 15 is 0 Å². The molecular weight excluding hydrogens is 366 g/mol. The molecule has 0 fully saturated rings. The van der Waals surface area contributed by atoms with Crippen molar-refractivity contribution in [1.82, 2.24) is 0 Å². The summed E-state index contributed by atoms with van der Waals surface area (Å²) in [6.07, 6.45) is 3.21. The highest BCUT2D eigenvalue weighted by Gasteiger charge is 2.32. The number of rotatable bonds is 1. The second-order valence-electron chi connectivity index (χ2n) is 10.1. The number of aromatic nitrogens is 1. The van der Waals surface area contributed by atoms with Crippen LogP contribution >= 0.6 is 0 Å². The van der Waals surface area contributed by atoms with E-state index in [1.165, 1.54) is 55.1 Å². The zero-order chi connectivity index (χ0) is 21.4. The van der Waals surface area contributed by atoms with Crippen LogP contribution in [0.3, 0.4) is 0 Å². The first-order chi connectivity index (χ1) is 14.2. The molecule has 0 saturated carbocycles. The minimum Gasteiger partial charge on any atom is -0.455 e. The van der Waals surface area contributed by atoms with Gasteiger partial charge < -0.3 is 4.74 Å². The van der Waals surface area contributed by atoms with Crippen LogP contribution in [0.25, 0.3) is 32.8 Å². The van der Waals surface area contributed by atoms with E-state index in [0.717, 1.165) is 17.9 Å². The lowest BCUT2D eigenvalue weighted by Crippen LogP contribution is -2.32. The highest BCUT2D eigenvalue weighted by Crippen LogP contribution is 2.51. The Morgan fingerprint density at radius 2 is 1.70 bits per heavy atom. The molecule has 0 aliphatic carbocycles. The summed E-state index contributed by atoms with van der Waals surface area (Å²) in [5, 5.41) is 5.11. The molecule has 1 aliphatic heterocycles.